The number of aromatic nitrogens is 4. The van der Waals surface area contributed by atoms with Gasteiger partial charge in [0.25, 0.3) is 5.56 Å². The maximum Gasteiger partial charge on any atom is 0.261 e. The van der Waals surface area contributed by atoms with Crippen molar-refractivity contribution < 1.29 is 9.21 Å². The molecule has 0 fully saturated rings. The van der Waals surface area contributed by atoms with E-state index in [0.717, 1.165) is 0 Å². The van der Waals surface area contributed by atoms with E-state index in [4.69, 9.17) is 4.42 Å². The maximum atomic E-state index is 12.4. The van der Waals surface area contributed by atoms with E-state index >= 15 is 0 Å². The minimum absolute atomic E-state index is 0.153. The summed E-state index contributed by atoms with van der Waals surface area (Å²) in [5, 5.41) is 9.89. The molecular formula is C17H13N5O3. The molecule has 0 aliphatic heterocycles. The molecule has 0 bridgehead atoms. The smallest absolute Gasteiger partial charge is 0.261 e. The van der Waals surface area contributed by atoms with Crippen molar-refractivity contribution in [3.63, 3.8) is 0 Å². The number of furan rings is 1. The Kier molecular flexibility index (Phi) is 3.62. The van der Waals surface area contributed by atoms with Gasteiger partial charge in [0.05, 0.1) is 23.5 Å². The number of H-pyrrole nitrogens is 1. The van der Waals surface area contributed by atoms with Crippen LogP contribution in [0.1, 0.15) is 0 Å². The Bertz CT molecular complexity index is 1090. The highest BCUT2D eigenvalue weighted by molar-refractivity contribution is 5.90. The van der Waals surface area contributed by atoms with E-state index in [9.17, 15) is 9.59 Å². The zero-order valence-corrected chi connectivity index (χ0v) is 13.0. The summed E-state index contributed by atoms with van der Waals surface area (Å²) >= 11 is 0. The van der Waals surface area contributed by atoms with Gasteiger partial charge >= 0.3 is 0 Å². The number of nitrogens with one attached hydrogen (secondary N) is 2. The Morgan fingerprint density at radius 2 is 2.12 bits per heavy atom. The molecule has 0 saturated heterocycles. The van der Waals surface area contributed by atoms with Crippen LogP contribution in [0, 0.1) is 0 Å². The van der Waals surface area contributed by atoms with Gasteiger partial charge in [-0.05, 0) is 24.3 Å². The largest absolute Gasteiger partial charge is 0.463 e. The second-order valence-corrected chi connectivity index (χ2v) is 5.39. The van der Waals surface area contributed by atoms with E-state index in [-0.39, 0.29) is 18.0 Å². The summed E-state index contributed by atoms with van der Waals surface area (Å²) in [5.41, 5.74) is 0.975. The monoisotopic (exact) mass is 335 g/mol. The Balaban J connectivity index is 1.51. The third-order valence-corrected chi connectivity index (χ3v) is 3.68. The average Bonchev–Trinajstić information content (AvgIpc) is 3.29. The molecule has 0 spiro atoms. The van der Waals surface area contributed by atoms with E-state index < -0.39 is 0 Å². The van der Waals surface area contributed by atoms with Crippen LogP contribution in [0.25, 0.3) is 22.4 Å². The number of carbonyl (C=O) groups excluding carboxylic acids is 1. The highest BCUT2D eigenvalue weighted by Crippen LogP contribution is 2.19. The summed E-state index contributed by atoms with van der Waals surface area (Å²) < 4.78 is 6.51. The van der Waals surface area contributed by atoms with Gasteiger partial charge in [0.1, 0.15) is 12.2 Å². The number of hydrogen-bond donors (Lipinski definition) is 2. The van der Waals surface area contributed by atoms with Crippen molar-refractivity contribution >= 4 is 22.6 Å². The SMILES string of the molecule is O=C(Cn1cnc2ccccc2c1=O)Nc1cc(-c2ccco2)[nH]n1. The van der Waals surface area contributed by atoms with Gasteiger partial charge in [-0.25, -0.2) is 4.98 Å². The van der Waals surface area contributed by atoms with Crippen LogP contribution in [0.15, 0.2) is 64.3 Å². The van der Waals surface area contributed by atoms with Crippen molar-refractivity contribution in [2.75, 3.05) is 5.32 Å². The standard InChI is InChI=1S/C17H13N5O3/c23-16(19-15-8-13(20-21-15)14-6-3-7-25-14)9-22-10-18-12-5-2-1-4-11(12)17(22)24/h1-8,10H,9H2,(H2,19,20,21,23). The van der Waals surface area contributed by atoms with Crippen LogP contribution in [-0.4, -0.2) is 25.7 Å². The van der Waals surface area contributed by atoms with Gasteiger partial charge in [0.2, 0.25) is 5.91 Å². The number of hydrogen-bond acceptors (Lipinski definition) is 5. The number of rotatable bonds is 4. The van der Waals surface area contributed by atoms with Crippen LogP contribution in [0.3, 0.4) is 0 Å². The molecule has 0 atom stereocenters. The third kappa shape index (κ3) is 2.92. The van der Waals surface area contributed by atoms with E-state index in [1.165, 1.54) is 10.9 Å². The van der Waals surface area contributed by atoms with Crippen LogP contribution in [0.4, 0.5) is 5.82 Å². The van der Waals surface area contributed by atoms with Crippen molar-refractivity contribution in [3.8, 4) is 11.5 Å². The lowest BCUT2D eigenvalue weighted by molar-refractivity contribution is -0.116. The minimum atomic E-state index is -0.378. The number of carbonyl (C=O) groups is 1. The Morgan fingerprint density at radius 3 is 2.96 bits per heavy atom. The number of aromatic amines is 1. The molecular weight excluding hydrogens is 322 g/mol. The second kappa shape index (κ2) is 6.08. The van der Waals surface area contributed by atoms with E-state index in [1.54, 1.807) is 48.7 Å². The first-order chi connectivity index (χ1) is 12.2. The predicted octanol–water partition coefficient (Wildman–Crippen LogP) is 2.02. The van der Waals surface area contributed by atoms with Gasteiger partial charge in [-0.3, -0.25) is 19.3 Å². The average molecular weight is 335 g/mol. The third-order valence-electron chi connectivity index (χ3n) is 3.68. The molecule has 0 saturated carbocycles. The number of amides is 1. The zero-order valence-electron chi connectivity index (χ0n) is 13.0. The summed E-state index contributed by atoms with van der Waals surface area (Å²) in [4.78, 5) is 28.8. The summed E-state index contributed by atoms with van der Waals surface area (Å²) in [6.07, 6.45) is 2.91. The van der Waals surface area contributed by atoms with Gasteiger partial charge in [-0.2, -0.15) is 5.10 Å². The molecule has 0 aliphatic carbocycles. The van der Waals surface area contributed by atoms with Crippen LogP contribution < -0.4 is 10.9 Å². The maximum absolute atomic E-state index is 12.4. The zero-order chi connectivity index (χ0) is 17.2. The molecule has 4 aromatic rings. The molecule has 8 nitrogen and oxygen atoms in total. The molecule has 4 rings (SSSR count). The second-order valence-electron chi connectivity index (χ2n) is 5.39. The van der Waals surface area contributed by atoms with Gasteiger partial charge < -0.3 is 9.73 Å². The summed E-state index contributed by atoms with van der Waals surface area (Å²) in [5.74, 6) is 0.581. The predicted molar refractivity (Wildman–Crippen MR) is 90.9 cm³/mol. The molecule has 8 heteroatoms. The molecule has 3 heterocycles. The van der Waals surface area contributed by atoms with Gasteiger partial charge in [-0.1, -0.05) is 12.1 Å². The first-order valence-electron chi connectivity index (χ1n) is 7.54. The fourth-order valence-electron chi connectivity index (χ4n) is 2.50. The molecule has 0 unspecified atom stereocenters. The minimum Gasteiger partial charge on any atom is -0.463 e. The fourth-order valence-corrected chi connectivity index (χ4v) is 2.50. The van der Waals surface area contributed by atoms with Crippen LogP contribution in [0.2, 0.25) is 0 Å². The number of fused-ring (bicyclic) bond motifs is 1. The van der Waals surface area contributed by atoms with Crippen LogP contribution in [0.5, 0.6) is 0 Å². The topological polar surface area (TPSA) is 106 Å². The van der Waals surface area contributed by atoms with Crippen molar-refractivity contribution in [2.45, 2.75) is 6.54 Å². The Hall–Kier alpha value is -3.68. The van der Waals surface area contributed by atoms with Crippen molar-refractivity contribution in [2.24, 2.45) is 0 Å². The van der Waals surface area contributed by atoms with Gasteiger partial charge in [0.15, 0.2) is 11.6 Å². The highest BCUT2D eigenvalue weighted by atomic mass is 16.3. The van der Waals surface area contributed by atoms with Crippen LogP contribution in [-0.2, 0) is 11.3 Å². The lowest BCUT2D eigenvalue weighted by Crippen LogP contribution is -2.28. The van der Waals surface area contributed by atoms with Crippen molar-refractivity contribution in [1.29, 1.82) is 0 Å². The number of benzene rings is 1. The first kappa shape index (κ1) is 14.9. The Morgan fingerprint density at radius 1 is 1.24 bits per heavy atom. The van der Waals surface area contributed by atoms with Gasteiger partial charge in [0, 0.05) is 6.07 Å². The highest BCUT2D eigenvalue weighted by Gasteiger charge is 2.11. The molecule has 25 heavy (non-hydrogen) atoms. The molecule has 2 N–H and O–H groups in total. The molecule has 1 aromatic carbocycles. The van der Waals surface area contributed by atoms with Crippen molar-refractivity contribution in [3.05, 3.63) is 65.4 Å². The van der Waals surface area contributed by atoms with E-state index in [2.05, 4.69) is 20.5 Å². The quantitative estimate of drug-likeness (QED) is 0.593. The summed E-state index contributed by atoms with van der Waals surface area (Å²) in [7, 11) is 0. The molecule has 3 aromatic heterocycles. The molecule has 0 aliphatic rings. The molecule has 0 radical (unpaired) electrons. The lowest BCUT2D eigenvalue weighted by Gasteiger charge is -2.06. The van der Waals surface area contributed by atoms with E-state index in [1.807, 2.05) is 0 Å². The molecule has 124 valence electrons. The van der Waals surface area contributed by atoms with E-state index in [0.29, 0.717) is 28.2 Å². The number of anilines is 1. The fraction of sp³-hybridized carbons (Fsp3) is 0.0588. The van der Waals surface area contributed by atoms with Crippen LogP contribution >= 0.6 is 0 Å². The molecule has 1 amide bonds. The number of nitrogens with zero attached hydrogens (tertiary/aromatic N) is 3. The summed E-state index contributed by atoms with van der Waals surface area (Å²) in [6.45, 7) is -0.153. The normalized spacial score (nSPS) is 10.9. The van der Waals surface area contributed by atoms with Crippen molar-refractivity contribution in [1.82, 2.24) is 19.7 Å². The van der Waals surface area contributed by atoms with Gasteiger partial charge in [-0.15, -0.1) is 0 Å². The summed E-state index contributed by atoms with van der Waals surface area (Å²) in [6, 6.07) is 12.2. The lowest BCUT2D eigenvalue weighted by atomic mass is 10.2. The first-order valence-corrected chi connectivity index (χ1v) is 7.54. The number of para-hydroxylation sites is 1. The Labute approximate surface area is 141 Å².